The molecular formula is C32H67N. The first-order chi connectivity index (χ1) is 15.8. The molecule has 0 heterocycles. The molecule has 0 N–H and O–H groups in total. The molecule has 200 valence electrons. The van der Waals surface area contributed by atoms with Gasteiger partial charge in [-0.2, -0.15) is 0 Å². The number of nitrogens with zero attached hydrogens (tertiary/aromatic N) is 1. The Morgan fingerprint density at radius 1 is 0.364 bits per heavy atom. The van der Waals surface area contributed by atoms with Gasteiger partial charge in [0.25, 0.3) is 0 Å². The van der Waals surface area contributed by atoms with Crippen LogP contribution in [-0.2, 0) is 0 Å². The zero-order valence-electron chi connectivity index (χ0n) is 24.7. The molecule has 0 aliphatic rings. The van der Waals surface area contributed by atoms with Gasteiger partial charge in [-0.1, -0.05) is 143 Å². The lowest BCUT2D eigenvalue weighted by Gasteiger charge is -2.49. The van der Waals surface area contributed by atoms with Crippen LogP contribution in [-0.4, -0.2) is 22.5 Å². The summed E-state index contributed by atoms with van der Waals surface area (Å²) in [6.45, 7) is 18.4. The van der Waals surface area contributed by atoms with Crippen LogP contribution in [0.2, 0.25) is 0 Å². The van der Waals surface area contributed by atoms with Gasteiger partial charge in [0, 0.05) is 11.1 Å². The second kappa shape index (κ2) is 21.3. The Bertz CT molecular complexity index is 367. The Kier molecular flexibility index (Phi) is 21.2. The van der Waals surface area contributed by atoms with Crippen LogP contribution in [0.5, 0.6) is 0 Å². The summed E-state index contributed by atoms with van der Waals surface area (Å²) in [4.78, 5) is 2.94. The van der Waals surface area contributed by atoms with Gasteiger partial charge in [0.1, 0.15) is 0 Å². The van der Waals surface area contributed by atoms with Gasteiger partial charge >= 0.3 is 0 Å². The topological polar surface area (TPSA) is 3.24 Å². The monoisotopic (exact) mass is 466 g/mol. The van der Waals surface area contributed by atoms with E-state index in [2.05, 4.69) is 53.4 Å². The summed E-state index contributed by atoms with van der Waals surface area (Å²) in [5.74, 6) is 0. The molecule has 0 unspecified atom stereocenters. The summed E-state index contributed by atoms with van der Waals surface area (Å²) >= 11 is 0. The number of hydrogen-bond donors (Lipinski definition) is 0. The van der Waals surface area contributed by atoms with E-state index in [0.717, 1.165) is 0 Å². The second-order valence-corrected chi connectivity index (χ2v) is 12.3. The van der Waals surface area contributed by atoms with Crippen molar-refractivity contribution in [3.63, 3.8) is 0 Å². The van der Waals surface area contributed by atoms with E-state index in [4.69, 9.17) is 0 Å². The maximum absolute atomic E-state index is 2.94. The maximum atomic E-state index is 2.94. The van der Waals surface area contributed by atoms with Crippen LogP contribution in [0.1, 0.15) is 190 Å². The van der Waals surface area contributed by atoms with E-state index in [1.807, 2.05) is 0 Å². The first-order valence-corrected chi connectivity index (χ1v) is 15.6. The maximum Gasteiger partial charge on any atom is 0.0158 e. The van der Waals surface area contributed by atoms with E-state index >= 15 is 0 Å². The summed E-state index contributed by atoms with van der Waals surface area (Å²) in [5, 5.41) is 0. The number of rotatable bonds is 25. The van der Waals surface area contributed by atoms with Crippen molar-refractivity contribution in [1.82, 2.24) is 4.90 Å². The molecular weight excluding hydrogens is 398 g/mol. The molecule has 0 bridgehead atoms. The van der Waals surface area contributed by atoms with Crippen LogP contribution >= 0.6 is 0 Å². The summed E-state index contributed by atoms with van der Waals surface area (Å²) < 4.78 is 0. The van der Waals surface area contributed by atoms with E-state index in [0.29, 0.717) is 11.1 Å². The highest BCUT2D eigenvalue weighted by Gasteiger charge is 2.36. The van der Waals surface area contributed by atoms with Crippen LogP contribution in [0.3, 0.4) is 0 Å². The standard InChI is InChI=1S/C32H67N/c1-8-11-14-17-20-22-25-28-31(4,5)33(30-27-24-19-16-13-10-3)32(6,7)29-26-23-21-18-15-12-9-2/h8-30H2,1-7H3. The zero-order chi connectivity index (χ0) is 24.8. The second-order valence-electron chi connectivity index (χ2n) is 12.3. The number of unbranched alkanes of at least 4 members (excludes halogenated alkanes) is 17. The fraction of sp³-hybridized carbons (Fsp3) is 1.00. The number of hydrogen-bond acceptors (Lipinski definition) is 1. The smallest absolute Gasteiger partial charge is 0.0158 e. The van der Waals surface area contributed by atoms with E-state index in [-0.39, 0.29) is 0 Å². The summed E-state index contributed by atoms with van der Waals surface area (Å²) in [7, 11) is 0. The normalized spacial score (nSPS) is 12.7. The van der Waals surface area contributed by atoms with Crippen molar-refractivity contribution < 1.29 is 0 Å². The lowest BCUT2D eigenvalue weighted by Crippen LogP contribution is -2.55. The van der Waals surface area contributed by atoms with Crippen LogP contribution in [0.15, 0.2) is 0 Å². The SMILES string of the molecule is CCCCCCCCCC(C)(C)N(CCCCCCCC)C(C)(C)CCCCCCCCC. The van der Waals surface area contributed by atoms with Crippen LogP contribution < -0.4 is 0 Å². The Balaban J connectivity index is 4.66. The Labute approximate surface area is 212 Å². The largest absolute Gasteiger partial charge is 0.293 e. The third kappa shape index (κ3) is 18.0. The molecule has 0 aromatic carbocycles. The van der Waals surface area contributed by atoms with Gasteiger partial charge in [-0.15, -0.1) is 0 Å². The molecule has 0 atom stereocenters. The molecule has 0 spiro atoms. The van der Waals surface area contributed by atoms with Crippen molar-refractivity contribution in [3.05, 3.63) is 0 Å². The summed E-state index contributed by atoms with van der Waals surface area (Å²) in [5.41, 5.74) is 0.634. The van der Waals surface area contributed by atoms with Gasteiger partial charge in [-0.25, -0.2) is 0 Å². The molecule has 0 fully saturated rings. The molecule has 0 radical (unpaired) electrons. The fourth-order valence-corrected chi connectivity index (χ4v) is 5.77. The molecule has 0 aromatic heterocycles. The highest BCUT2D eigenvalue weighted by molar-refractivity contribution is 4.92. The summed E-state index contributed by atoms with van der Waals surface area (Å²) in [6, 6.07) is 0. The van der Waals surface area contributed by atoms with Crippen molar-refractivity contribution in [2.45, 2.75) is 201 Å². The average molecular weight is 466 g/mol. The third-order valence-corrected chi connectivity index (χ3v) is 7.98. The van der Waals surface area contributed by atoms with Gasteiger partial charge in [-0.05, 0) is 53.5 Å². The van der Waals surface area contributed by atoms with Crippen molar-refractivity contribution >= 4 is 0 Å². The first-order valence-electron chi connectivity index (χ1n) is 15.6. The molecule has 0 amide bonds. The van der Waals surface area contributed by atoms with Crippen molar-refractivity contribution in [3.8, 4) is 0 Å². The van der Waals surface area contributed by atoms with Gasteiger partial charge in [0.2, 0.25) is 0 Å². The van der Waals surface area contributed by atoms with Crippen LogP contribution in [0.25, 0.3) is 0 Å². The minimum Gasteiger partial charge on any atom is -0.293 e. The Morgan fingerprint density at radius 2 is 0.636 bits per heavy atom. The van der Waals surface area contributed by atoms with E-state index in [1.165, 1.54) is 148 Å². The predicted molar refractivity (Wildman–Crippen MR) is 153 cm³/mol. The molecule has 1 nitrogen and oxygen atoms in total. The molecule has 0 aliphatic carbocycles. The van der Waals surface area contributed by atoms with Gasteiger partial charge in [0.15, 0.2) is 0 Å². The third-order valence-electron chi connectivity index (χ3n) is 7.98. The van der Waals surface area contributed by atoms with Crippen LogP contribution in [0.4, 0.5) is 0 Å². The minimum absolute atomic E-state index is 0.317. The van der Waals surface area contributed by atoms with E-state index in [9.17, 15) is 0 Å². The van der Waals surface area contributed by atoms with E-state index < -0.39 is 0 Å². The molecule has 1 heteroatoms. The molecule has 0 saturated heterocycles. The molecule has 33 heavy (non-hydrogen) atoms. The van der Waals surface area contributed by atoms with Crippen molar-refractivity contribution in [2.24, 2.45) is 0 Å². The van der Waals surface area contributed by atoms with Gasteiger partial charge in [-0.3, -0.25) is 4.90 Å². The summed E-state index contributed by atoms with van der Waals surface area (Å²) in [6.07, 6.45) is 31.0. The van der Waals surface area contributed by atoms with Crippen molar-refractivity contribution in [2.75, 3.05) is 6.54 Å². The molecule has 0 saturated carbocycles. The van der Waals surface area contributed by atoms with Crippen LogP contribution in [0, 0.1) is 0 Å². The van der Waals surface area contributed by atoms with E-state index in [1.54, 1.807) is 0 Å². The quantitative estimate of drug-likeness (QED) is 0.121. The lowest BCUT2D eigenvalue weighted by atomic mass is 9.85. The zero-order valence-corrected chi connectivity index (χ0v) is 24.7. The minimum atomic E-state index is 0.317. The average Bonchev–Trinajstić information content (AvgIpc) is 2.77. The first kappa shape index (κ1) is 33.0. The lowest BCUT2D eigenvalue weighted by molar-refractivity contribution is 0.00151. The fourth-order valence-electron chi connectivity index (χ4n) is 5.77. The van der Waals surface area contributed by atoms with Crippen molar-refractivity contribution in [1.29, 1.82) is 0 Å². The predicted octanol–water partition coefficient (Wildman–Crippen LogP) is 11.5. The Morgan fingerprint density at radius 3 is 0.970 bits per heavy atom. The van der Waals surface area contributed by atoms with Gasteiger partial charge < -0.3 is 0 Å². The van der Waals surface area contributed by atoms with Gasteiger partial charge in [0.05, 0.1) is 0 Å². The molecule has 0 aliphatic heterocycles. The highest BCUT2D eigenvalue weighted by atomic mass is 15.2. The highest BCUT2D eigenvalue weighted by Crippen LogP contribution is 2.34. The molecule has 0 aromatic rings. The Hall–Kier alpha value is -0.0400. The molecule has 0 rings (SSSR count).